The summed E-state index contributed by atoms with van der Waals surface area (Å²) in [6.07, 6.45) is 5.01. The van der Waals surface area contributed by atoms with E-state index in [-0.39, 0.29) is 34.0 Å². The maximum Gasteiger partial charge on any atom is 0.195 e. The third-order valence-corrected chi connectivity index (χ3v) is 7.22. The summed E-state index contributed by atoms with van der Waals surface area (Å²) in [4.78, 5) is 50.8. The molecule has 0 unspecified atom stereocenters. The first-order valence-corrected chi connectivity index (χ1v) is 12.6. The fourth-order valence-corrected chi connectivity index (χ4v) is 5.27. The van der Waals surface area contributed by atoms with Gasteiger partial charge in [-0.1, -0.05) is 54.6 Å². The van der Waals surface area contributed by atoms with Crippen LogP contribution in [0.4, 0.5) is 0 Å². The number of hydrogen-bond acceptors (Lipinski definition) is 3. The average molecular weight is 508 g/mol. The number of benzene rings is 4. The van der Waals surface area contributed by atoms with Gasteiger partial charge in [0.1, 0.15) is 0 Å². The molecular formula is C33H21N3O3. The SMILES string of the molecule is O=C(c1cc(C(=O)c2c[nH]c3ccccc23)cc(C(=O)c2c[nH]c3ccccc23)c1)c1c[nH]c2ccccc12. The van der Waals surface area contributed by atoms with Crippen molar-refractivity contribution in [3.05, 3.63) is 143 Å². The van der Waals surface area contributed by atoms with Gasteiger partial charge in [0, 0.05) is 84.7 Å². The number of aromatic amines is 3. The van der Waals surface area contributed by atoms with E-state index in [1.54, 1.807) is 36.8 Å². The molecule has 0 aliphatic heterocycles. The average Bonchev–Trinajstić information content (AvgIpc) is 3.72. The molecule has 6 heteroatoms. The molecule has 0 radical (unpaired) electrons. The van der Waals surface area contributed by atoms with Gasteiger partial charge >= 0.3 is 0 Å². The molecule has 3 aromatic heterocycles. The molecule has 39 heavy (non-hydrogen) atoms. The second-order valence-electron chi connectivity index (χ2n) is 9.53. The monoisotopic (exact) mass is 507 g/mol. The van der Waals surface area contributed by atoms with E-state index in [1.165, 1.54) is 0 Å². The Morgan fingerprint density at radius 3 is 1.00 bits per heavy atom. The molecule has 0 spiro atoms. The van der Waals surface area contributed by atoms with Crippen LogP contribution in [0.1, 0.15) is 47.8 Å². The van der Waals surface area contributed by atoms with Crippen molar-refractivity contribution in [2.75, 3.05) is 0 Å². The van der Waals surface area contributed by atoms with E-state index in [1.807, 2.05) is 72.8 Å². The minimum Gasteiger partial charge on any atom is -0.360 e. The molecule has 0 saturated carbocycles. The number of nitrogens with one attached hydrogen (secondary N) is 3. The highest BCUT2D eigenvalue weighted by atomic mass is 16.1. The minimum absolute atomic E-state index is 0.269. The van der Waals surface area contributed by atoms with E-state index < -0.39 is 0 Å². The van der Waals surface area contributed by atoms with Gasteiger partial charge in [-0.3, -0.25) is 14.4 Å². The van der Waals surface area contributed by atoms with Crippen molar-refractivity contribution in [2.24, 2.45) is 0 Å². The largest absolute Gasteiger partial charge is 0.360 e. The number of fused-ring (bicyclic) bond motifs is 3. The number of H-pyrrole nitrogens is 3. The third-order valence-electron chi connectivity index (χ3n) is 7.22. The summed E-state index contributed by atoms with van der Waals surface area (Å²) >= 11 is 0. The first kappa shape index (κ1) is 22.7. The van der Waals surface area contributed by atoms with Crippen LogP contribution in [0.3, 0.4) is 0 Å². The van der Waals surface area contributed by atoms with Gasteiger partial charge in [0.25, 0.3) is 0 Å². The predicted molar refractivity (Wildman–Crippen MR) is 152 cm³/mol. The summed E-state index contributed by atoms with van der Waals surface area (Å²) in [5.74, 6) is -0.808. The van der Waals surface area contributed by atoms with Crippen molar-refractivity contribution in [3.63, 3.8) is 0 Å². The van der Waals surface area contributed by atoms with Gasteiger partial charge in [0.2, 0.25) is 0 Å². The standard InChI is InChI=1S/C33H21N3O3/c37-31(25-16-34-28-10-4-1-7-22(25)28)19-13-20(32(38)26-17-35-29-11-5-2-8-23(26)29)15-21(14-19)33(39)27-18-36-30-12-6-3-9-24(27)30/h1-18,34-36H. The second-order valence-corrected chi connectivity index (χ2v) is 9.53. The molecule has 0 aliphatic carbocycles. The van der Waals surface area contributed by atoms with E-state index in [0.717, 1.165) is 32.7 Å². The van der Waals surface area contributed by atoms with Crippen molar-refractivity contribution in [1.82, 2.24) is 15.0 Å². The van der Waals surface area contributed by atoms with E-state index in [0.29, 0.717) is 16.7 Å². The summed E-state index contributed by atoms with van der Waals surface area (Å²) in [6.45, 7) is 0. The fraction of sp³-hybridized carbons (Fsp3) is 0. The molecule has 0 saturated heterocycles. The maximum absolute atomic E-state index is 13.8. The number of para-hydroxylation sites is 3. The molecule has 0 amide bonds. The van der Waals surface area contributed by atoms with Gasteiger partial charge in [-0.2, -0.15) is 0 Å². The smallest absolute Gasteiger partial charge is 0.195 e. The first-order valence-electron chi connectivity index (χ1n) is 12.6. The molecule has 0 atom stereocenters. The number of carbonyl (C=O) groups excluding carboxylic acids is 3. The van der Waals surface area contributed by atoms with Gasteiger partial charge in [-0.05, 0) is 36.4 Å². The van der Waals surface area contributed by atoms with Crippen LogP contribution < -0.4 is 0 Å². The zero-order valence-electron chi connectivity index (χ0n) is 20.6. The fourth-order valence-electron chi connectivity index (χ4n) is 5.27. The van der Waals surface area contributed by atoms with E-state index in [2.05, 4.69) is 15.0 Å². The van der Waals surface area contributed by atoms with E-state index in [4.69, 9.17) is 0 Å². The van der Waals surface area contributed by atoms with Crippen molar-refractivity contribution < 1.29 is 14.4 Å². The zero-order valence-corrected chi connectivity index (χ0v) is 20.6. The molecule has 186 valence electrons. The molecular weight excluding hydrogens is 486 g/mol. The summed E-state index contributed by atoms with van der Waals surface area (Å²) < 4.78 is 0. The van der Waals surface area contributed by atoms with E-state index >= 15 is 0 Å². The molecule has 7 aromatic rings. The molecule has 0 fully saturated rings. The number of carbonyl (C=O) groups is 3. The van der Waals surface area contributed by atoms with Gasteiger partial charge in [-0.15, -0.1) is 0 Å². The highest BCUT2D eigenvalue weighted by molar-refractivity contribution is 6.23. The van der Waals surface area contributed by atoms with Crippen molar-refractivity contribution >= 4 is 50.1 Å². The van der Waals surface area contributed by atoms with E-state index in [9.17, 15) is 14.4 Å². The highest BCUT2D eigenvalue weighted by Crippen LogP contribution is 2.27. The van der Waals surface area contributed by atoms with Crippen LogP contribution in [0.15, 0.2) is 110 Å². The van der Waals surface area contributed by atoms with Crippen LogP contribution in [0.2, 0.25) is 0 Å². The normalized spacial score (nSPS) is 11.4. The lowest BCUT2D eigenvalue weighted by Gasteiger charge is -2.09. The molecule has 6 nitrogen and oxygen atoms in total. The Balaban J connectivity index is 1.39. The Labute approximate surface area is 222 Å². The van der Waals surface area contributed by atoms with Crippen LogP contribution in [-0.4, -0.2) is 32.3 Å². The Kier molecular flexibility index (Phi) is 5.13. The summed E-state index contributed by atoms with van der Waals surface area (Å²) in [5, 5.41) is 2.33. The summed E-state index contributed by atoms with van der Waals surface area (Å²) in [7, 11) is 0. The zero-order chi connectivity index (χ0) is 26.5. The van der Waals surface area contributed by atoms with Gasteiger partial charge in [-0.25, -0.2) is 0 Å². The Bertz CT molecular complexity index is 1840. The molecule has 3 N–H and O–H groups in total. The summed E-state index contributed by atoms with van der Waals surface area (Å²) in [5.41, 5.74) is 4.76. The molecule has 0 bridgehead atoms. The number of rotatable bonds is 6. The lowest BCUT2D eigenvalue weighted by molar-refractivity contribution is 0.103. The Hall–Kier alpha value is -5.49. The predicted octanol–water partition coefficient (Wildman–Crippen LogP) is 6.82. The first-order chi connectivity index (χ1) is 19.1. The lowest BCUT2D eigenvalue weighted by Crippen LogP contribution is -2.10. The van der Waals surface area contributed by atoms with Crippen LogP contribution in [0.5, 0.6) is 0 Å². The minimum atomic E-state index is -0.269. The lowest BCUT2D eigenvalue weighted by atomic mass is 9.92. The van der Waals surface area contributed by atoms with Crippen molar-refractivity contribution in [1.29, 1.82) is 0 Å². The quantitative estimate of drug-likeness (QED) is 0.215. The number of hydrogen-bond donors (Lipinski definition) is 3. The molecule has 3 heterocycles. The number of ketones is 3. The number of aromatic nitrogens is 3. The van der Waals surface area contributed by atoms with Crippen LogP contribution in [0, 0.1) is 0 Å². The highest BCUT2D eigenvalue weighted by Gasteiger charge is 2.23. The second kappa shape index (κ2) is 8.82. The van der Waals surface area contributed by atoms with Crippen LogP contribution >= 0.6 is 0 Å². The van der Waals surface area contributed by atoms with Gasteiger partial charge < -0.3 is 15.0 Å². The van der Waals surface area contributed by atoms with Crippen LogP contribution in [0.25, 0.3) is 32.7 Å². The molecule has 7 rings (SSSR count). The van der Waals surface area contributed by atoms with Crippen molar-refractivity contribution in [3.8, 4) is 0 Å². The maximum atomic E-state index is 13.8. The van der Waals surface area contributed by atoms with Crippen molar-refractivity contribution in [2.45, 2.75) is 0 Å². The molecule has 4 aromatic carbocycles. The Morgan fingerprint density at radius 2 is 0.692 bits per heavy atom. The summed E-state index contributed by atoms with van der Waals surface area (Å²) in [6, 6.07) is 27.4. The van der Waals surface area contributed by atoms with Gasteiger partial charge in [0.15, 0.2) is 17.3 Å². The third kappa shape index (κ3) is 3.69. The molecule has 0 aliphatic rings. The van der Waals surface area contributed by atoms with Crippen LogP contribution in [-0.2, 0) is 0 Å². The Morgan fingerprint density at radius 1 is 0.410 bits per heavy atom. The topological polar surface area (TPSA) is 98.6 Å². The van der Waals surface area contributed by atoms with Gasteiger partial charge in [0.05, 0.1) is 0 Å².